The fourth-order valence-corrected chi connectivity index (χ4v) is 5.71. The first kappa shape index (κ1) is 22.8. The van der Waals surface area contributed by atoms with Gasteiger partial charge in [-0.2, -0.15) is 4.79 Å². The maximum Gasteiger partial charge on any atom is 0.515 e. The Bertz CT molecular complexity index is 1110. The zero-order valence-corrected chi connectivity index (χ0v) is 19.9. The molecule has 0 aliphatic carbocycles. The largest absolute Gasteiger partial charge is 0.515 e. The molecule has 4 rings (SSSR count). The summed E-state index contributed by atoms with van der Waals surface area (Å²) in [5, 5.41) is 11.4. The number of carboxylic acid groups (broad SMARTS) is 1. The van der Waals surface area contributed by atoms with Crippen molar-refractivity contribution >= 4 is 45.3 Å². The summed E-state index contributed by atoms with van der Waals surface area (Å²) in [4.78, 5) is 36.5. The van der Waals surface area contributed by atoms with Gasteiger partial charge in [-0.05, 0) is 51.5 Å². The molecule has 1 N–H and O–H groups in total. The lowest BCUT2D eigenvalue weighted by Crippen LogP contribution is -2.65. The highest BCUT2D eigenvalue weighted by Crippen LogP contribution is 2.38. The van der Waals surface area contributed by atoms with Crippen LogP contribution in [0.2, 0.25) is 5.15 Å². The molecule has 2 aliphatic heterocycles. The topological polar surface area (TPSA) is 92.6 Å². The minimum Gasteiger partial charge on any atom is -0.440 e. The zero-order chi connectivity index (χ0) is 23.1. The van der Waals surface area contributed by atoms with E-state index in [4.69, 9.17) is 16.3 Å². The number of quaternary nitrogens is 1. The second-order valence-corrected chi connectivity index (χ2v) is 10.6. The van der Waals surface area contributed by atoms with Crippen LogP contribution < -0.4 is 0 Å². The van der Waals surface area contributed by atoms with Crippen molar-refractivity contribution in [2.24, 2.45) is 0 Å². The zero-order valence-electron chi connectivity index (χ0n) is 18.3. The first-order chi connectivity index (χ1) is 15.1. The van der Waals surface area contributed by atoms with E-state index in [-0.39, 0.29) is 17.1 Å². The van der Waals surface area contributed by atoms with E-state index in [0.29, 0.717) is 24.7 Å². The van der Waals surface area contributed by atoms with Crippen molar-refractivity contribution in [3.8, 4) is 11.8 Å². The SMILES string of the molecule is CC(C)(C)[N+]1(C(=O)O)C[C@@H](OC(=O)N2CCCC2)C[C@@H]1C#Cc1cc2c(Cl)ncnc2s1. The van der Waals surface area contributed by atoms with Crippen molar-refractivity contribution in [1.82, 2.24) is 14.9 Å². The molecule has 0 saturated carbocycles. The standard InChI is InChI=1S/C22H25ClN4O4S/c1-22(2,3)27(21(29)30)12-15(31-20(28)26-8-4-5-9-26)10-14(27)6-7-16-11-17-18(23)24-13-25-19(17)32-16/h11,13-15H,4-5,8-10,12H2,1-3H3/p+1/t14-,15-,27?/m0/s1. The fraction of sp³-hybridized carbons (Fsp3) is 0.545. The molecule has 2 saturated heterocycles. The van der Waals surface area contributed by atoms with Gasteiger partial charge < -0.3 is 14.7 Å². The van der Waals surface area contributed by atoms with E-state index in [1.165, 1.54) is 17.7 Å². The average Bonchev–Trinajstić information content (AvgIpc) is 3.44. The molecule has 1 unspecified atom stereocenters. The molecule has 0 spiro atoms. The van der Waals surface area contributed by atoms with Gasteiger partial charge in [0, 0.05) is 13.1 Å². The molecule has 2 amide bonds. The normalized spacial score (nSPS) is 25.6. The monoisotopic (exact) mass is 477 g/mol. The van der Waals surface area contributed by atoms with Crippen LogP contribution in [0, 0.1) is 11.8 Å². The van der Waals surface area contributed by atoms with Gasteiger partial charge in [-0.3, -0.25) is 0 Å². The van der Waals surface area contributed by atoms with E-state index in [2.05, 4.69) is 21.8 Å². The van der Waals surface area contributed by atoms with Gasteiger partial charge in [-0.15, -0.1) is 11.3 Å². The number of amides is 2. The molecule has 8 nitrogen and oxygen atoms in total. The quantitative estimate of drug-likeness (QED) is 0.372. The number of carbonyl (C=O) groups excluding carboxylic acids is 1. The number of halogens is 1. The Morgan fingerprint density at radius 3 is 2.66 bits per heavy atom. The first-order valence-electron chi connectivity index (χ1n) is 10.6. The van der Waals surface area contributed by atoms with Crippen LogP contribution in [-0.4, -0.2) is 74.0 Å². The van der Waals surface area contributed by atoms with Crippen LogP contribution in [0.3, 0.4) is 0 Å². The third kappa shape index (κ3) is 4.03. The fourth-order valence-electron chi connectivity index (χ4n) is 4.61. The predicted octanol–water partition coefficient (Wildman–Crippen LogP) is 4.36. The Kier molecular flexibility index (Phi) is 6.05. The van der Waals surface area contributed by atoms with E-state index in [9.17, 15) is 14.7 Å². The highest BCUT2D eigenvalue weighted by molar-refractivity contribution is 7.19. The Labute approximate surface area is 195 Å². The van der Waals surface area contributed by atoms with Crippen LogP contribution in [0.25, 0.3) is 10.2 Å². The molecule has 0 aromatic carbocycles. The van der Waals surface area contributed by atoms with Gasteiger partial charge in [0.1, 0.15) is 28.4 Å². The predicted molar refractivity (Wildman–Crippen MR) is 122 cm³/mol. The van der Waals surface area contributed by atoms with E-state index >= 15 is 0 Å². The lowest BCUT2D eigenvalue weighted by molar-refractivity contribution is -0.908. The average molecular weight is 478 g/mol. The van der Waals surface area contributed by atoms with Gasteiger partial charge >= 0.3 is 12.2 Å². The van der Waals surface area contributed by atoms with Gasteiger partial charge in [-0.25, -0.2) is 19.2 Å². The summed E-state index contributed by atoms with van der Waals surface area (Å²) in [5.41, 5.74) is -0.644. The minimum atomic E-state index is -0.971. The molecular formula is C22H26ClN4O4S+. The summed E-state index contributed by atoms with van der Waals surface area (Å²) < 4.78 is 5.46. The molecule has 0 bridgehead atoms. The van der Waals surface area contributed by atoms with Crippen molar-refractivity contribution in [3.05, 3.63) is 22.4 Å². The van der Waals surface area contributed by atoms with Crippen molar-refractivity contribution in [2.75, 3.05) is 19.6 Å². The number of aromatic nitrogens is 2. The highest BCUT2D eigenvalue weighted by atomic mass is 35.5. The third-order valence-electron chi connectivity index (χ3n) is 6.32. The van der Waals surface area contributed by atoms with Crippen molar-refractivity contribution in [2.45, 2.75) is 57.7 Å². The number of ether oxygens (including phenoxy) is 1. The molecule has 3 atom stereocenters. The smallest absolute Gasteiger partial charge is 0.440 e. The highest BCUT2D eigenvalue weighted by Gasteiger charge is 2.60. The minimum absolute atomic E-state index is 0.182. The number of likely N-dealkylation sites (tertiary alicyclic amines) is 2. The molecule has 2 aromatic rings. The number of carbonyl (C=O) groups is 2. The van der Waals surface area contributed by atoms with E-state index in [1.54, 1.807) is 4.90 Å². The van der Waals surface area contributed by atoms with Crippen molar-refractivity contribution < 1.29 is 23.9 Å². The lowest BCUT2D eigenvalue weighted by Gasteiger charge is -2.42. The van der Waals surface area contributed by atoms with Crippen LogP contribution in [-0.2, 0) is 4.74 Å². The summed E-state index contributed by atoms with van der Waals surface area (Å²) in [6, 6.07) is 1.29. The maximum atomic E-state index is 12.6. The number of thiophene rings is 1. The van der Waals surface area contributed by atoms with Crippen molar-refractivity contribution in [3.63, 3.8) is 0 Å². The van der Waals surface area contributed by atoms with E-state index in [1.807, 2.05) is 26.8 Å². The first-order valence-corrected chi connectivity index (χ1v) is 11.8. The summed E-state index contributed by atoms with van der Waals surface area (Å²) in [6.07, 6.45) is 1.85. The molecule has 10 heteroatoms. The van der Waals surface area contributed by atoms with Crippen molar-refractivity contribution in [1.29, 1.82) is 0 Å². The van der Waals surface area contributed by atoms with Crippen LogP contribution >= 0.6 is 22.9 Å². The second-order valence-electron chi connectivity index (χ2n) is 9.22. The van der Waals surface area contributed by atoms with Gasteiger partial charge in [0.15, 0.2) is 12.1 Å². The van der Waals surface area contributed by atoms with E-state index in [0.717, 1.165) is 27.9 Å². The molecule has 0 radical (unpaired) electrons. The van der Waals surface area contributed by atoms with Crippen LogP contribution in [0.4, 0.5) is 9.59 Å². The Balaban J connectivity index is 1.64. The Morgan fingerprint density at radius 2 is 2.03 bits per heavy atom. The molecule has 2 aromatic heterocycles. The Morgan fingerprint density at radius 1 is 1.31 bits per heavy atom. The number of nitrogens with zero attached hydrogens (tertiary/aromatic N) is 4. The summed E-state index contributed by atoms with van der Waals surface area (Å²) in [7, 11) is 0. The molecule has 170 valence electrons. The third-order valence-corrected chi connectivity index (χ3v) is 7.58. The summed E-state index contributed by atoms with van der Waals surface area (Å²) in [6.45, 7) is 7.20. The summed E-state index contributed by atoms with van der Waals surface area (Å²) >= 11 is 7.52. The lowest BCUT2D eigenvalue weighted by atomic mass is 10.00. The maximum absolute atomic E-state index is 12.6. The summed E-state index contributed by atoms with van der Waals surface area (Å²) in [5.74, 6) is 6.31. The van der Waals surface area contributed by atoms with Crippen LogP contribution in [0.5, 0.6) is 0 Å². The number of hydrogen-bond donors (Lipinski definition) is 1. The Hall–Kier alpha value is -2.41. The van der Waals surface area contributed by atoms with Crippen LogP contribution in [0.1, 0.15) is 44.9 Å². The van der Waals surface area contributed by atoms with Gasteiger partial charge in [0.05, 0.1) is 16.7 Å². The van der Waals surface area contributed by atoms with Gasteiger partial charge in [0.25, 0.3) is 0 Å². The second kappa shape index (κ2) is 8.50. The van der Waals surface area contributed by atoms with Crippen LogP contribution in [0.15, 0.2) is 12.4 Å². The molecule has 2 aliphatic rings. The molecular weight excluding hydrogens is 452 g/mol. The molecule has 4 heterocycles. The number of rotatable bonds is 1. The molecule has 2 fully saturated rings. The number of fused-ring (bicyclic) bond motifs is 1. The van der Waals surface area contributed by atoms with Gasteiger partial charge in [-0.1, -0.05) is 11.6 Å². The molecule has 32 heavy (non-hydrogen) atoms. The van der Waals surface area contributed by atoms with E-state index < -0.39 is 23.8 Å². The van der Waals surface area contributed by atoms with Gasteiger partial charge in [0.2, 0.25) is 0 Å². The number of hydrogen-bond acceptors (Lipinski definition) is 6.